The highest BCUT2D eigenvalue weighted by Crippen LogP contribution is 2.39. The molecular weight excluding hydrogens is 579 g/mol. The first kappa shape index (κ1) is 30.3. The molecule has 4 atom stereocenters. The fourth-order valence-electron chi connectivity index (χ4n) is 5.45. The number of alkyl halides is 3. The minimum Gasteiger partial charge on any atom is -0.481 e. The molecule has 0 aromatic heterocycles. The first-order chi connectivity index (χ1) is 21.0. The summed E-state index contributed by atoms with van der Waals surface area (Å²) in [4.78, 5) is 54.4. The van der Waals surface area contributed by atoms with Crippen LogP contribution < -0.4 is 5.32 Å². The van der Waals surface area contributed by atoms with E-state index in [1.165, 1.54) is 17.0 Å². The van der Waals surface area contributed by atoms with Gasteiger partial charge >= 0.3 is 18.2 Å². The molecule has 9 nitrogen and oxygen atoms in total. The molecule has 2 N–H and O–H groups in total. The average molecular weight is 608 g/mol. The Morgan fingerprint density at radius 1 is 1.00 bits per heavy atom. The fourth-order valence-corrected chi connectivity index (χ4v) is 5.45. The van der Waals surface area contributed by atoms with E-state index in [1.54, 1.807) is 48.6 Å². The van der Waals surface area contributed by atoms with Crippen LogP contribution in [0.1, 0.15) is 34.7 Å². The smallest absolute Gasteiger partial charge is 0.416 e. The van der Waals surface area contributed by atoms with Crippen LogP contribution in [0.5, 0.6) is 0 Å². The van der Waals surface area contributed by atoms with E-state index in [4.69, 9.17) is 4.74 Å². The second-order valence-corrected chi connectivity index (χ2v) is 10.4. The number of hydrogen-bond acceptors (Lipinski definition) is 5. The summed E-state index contributed by atoms with van der Waals surface area (Å²) in [7, 11) is 0. The lowest BCUT2D eigenvalue weighted by Crippen LogP contribution is -2.74. The Bertz CT molecular complexity index is 1560. The van der Waals surface area contributed by atoms with Gasteiger partial charge in [-0.2, -0.15) is 13.2 Å². The highest BCUT2D eigenvalue weighted by molar-refractivity contribution is 5.99. The summed E-state index contributed by atoms with van der Waals surface area (Å²) in [6.07, 6.45) is -2.75. The van der Waals surface area contributed by atoms with Crippen molar-refractivity contribution in [2.45, 2.75) is 43.3 Å². The molecule has 0 spiro atoms. The number of nitrogens with one attached hydrogen (secondary N) is 1. The van der Waals surface area contributed by atoms with Crippen molar-refractivity contribution in [2.24, 2.45) is 0 Å². The molecule has 44 heavy (non-hydrogen) atoms. The quantitative estimate of drug-likeness (QED) is 0.324. The van der Waals surface area contributed by atoms with Gasteiger partial charge in [0.2, 0.25) is 11.8 Å². The van der Waals surface area contributed by atoms with Gasteiger partial charge in [0.1, 0.15) is 18.7 Å². The van der Waals surface area contributed by atoms with E-state index in [1.807, 2.05) is 24.3 Å². The second-order valence-electron chi connectivity index (χ2n) is 10.4. The average Bonchev–Trinajstić information content (AvgIpc) is 3.38. The lowest BCUT2D eigenvalue weighted by molar-refractivity contribution is -0.165. The number of benzene rings is 3. The molecule has 12 heteroatoms. The molecular formula is C32H28F3N3O6. The molecule has 0 aliphatic carbocycles. The number of aliphatic carboxylic acids is 1. The number of β-lactam (4-membered cyclic amide) rings is 1. The Hall–Kier alpha value is -5.13. The van der Waals surface area contributed by atoms with E-state index in [-0.39, 0.29) is 18.7 Å². The van der Waals surface area contributed by atoms with Crippen molar-refractivity contribution in [1.82, 2.24) is 15.1 Å². The Balaban J connectivity index is 1.44. The van der Waals surface area contributed by atoms with Gasteiger partial charge in [-0.05, 0) is 28.8 Å². The largest absolute Gasteiger partial charge is 0.481 e. The van der Waals surface area contributed by atoms with Crippen LogP contribution in [-0.4, -0.2) is 63.5 Å². The molecule has 0 bridgehead atoms. The van der Waals surface area contributed by atoms with Crippen molar-refractivity contribution < 1.29 is 42.2 Å². The van der Waals surface area contributed by atoms with E-state index in [0.717, 1.165) is 28.2 Å². The maximum Gasteiger partial charge on any atom is 0.416 e. The van der Waals surface area contributed by atoms with Gasteiger partial charge in [-0.15, -0.1) is 0 Å². The van der Waals surface area contributed by atoms with Crippen molar-refractivity contribution >= 4 is 30.0 Å². The number of cyclic esters (lactones) is 1. The van der Waals surface area contributed by atoms with Crippen LogP contribution in [0.15, 0.2) is 91.0 Å². The van der Waals surface area contributed by atoms with Crippen LogP contribution in [0.3, 0.4) is 0 Å². The molecule has 0 radical (unpaired) electrons. The number of likely N-dealkylation sites (tertiary alicyclic amines) is 1. The molecule has 2 fully saturated rings. The van der Waals surface area contributed by atoms with Crippen molar-refractivity contribution in [1.29, 1.82) is 0 Å². The number of hydrogen-bond donors (Lipinski definition) is 2. The van der Waals surface area contributed by atoms with Crippen LogP contribution in [0, 0.1) is 0 Å². The van der Waals surface area contributed by atoms with Gasteiger partial charge in [0.25, 0.3) is 0 Å². The maximum atomic E-state index is 13.8. The second kappa shape index (κ2) is 12.6. The molecule has 3 amide bonds. The topological polar surface area (TPSA) is 116 Å². The predicted molar refractivity (Wildman–Crippen MR) is 152 cm³/mol. The Kier molecular flexibility index (Phi) is 8.70. The number of ether oxygens (including phenoxy) is 1. The fraction of sp³-hybridized carbons (Fsp3) is 0.250. The molecule has 2 aliphatic rings. The molecule has 2 heterocycles. The Labute approximate surface area is 250 Å². The van der Waals surface area contributed by atoms with Crippen molar-refractivity contribution in [3.8, 4) is 0 Å². The zero-order valence-electron chi connectivity index (χ0n) is 23.2. The first-order valence-corrected chi connectivity index (χ1v) is 13.8. The standard InChI is InChI=1S/C32H28F3N3O6/c33-32(34,35)23-13-7-10-21(16-23)18-36-29(41)25(17-27(39)40)37-24(15-14-20-8-3-1-4-9-20)28(30(37)42)38-26(19-44-31(38)43)22-11-5-2-6-12-22/h1-16,24-26,28H,17-19H2,(H,36,41)(H,39,40)/t24?,25-,26+,28?/m0/s1. The van der Waals surface area contributed by atoms with E-state index in [2.05, 4.69) is 5.32 Å². The van der Waals surface area contributed by atoms with Gasteiger partial charge in [0, 0.05) is 6.54 Å². The first-order valence-electron chi connectivity index (χ1n) is 13.8. The van der Waals surface area contributed by atoms with Crippen molar-refractivity contribution in [3.05, 3.63) is 113 Å². The molecule has 5 rings (SSSR count). The number of carbonyl (C=O) groups is 4. The molecule has 0 saturated carbocycles. The lowest BCUT2D eigenvalue weighted by Gasteiger charge is -2.52. The monoisotopic (exact) mass is 607 g/mol. The zero-order valence-corrected chi connectivity index (χ0v) is 23.2. The summed E-state index contributed by atoms with van der Waals surface area (Å²) in [5.41, 5.74) is 0.735. The molecule has 3 aromatic carbocycles. The van der Waals surface area contributed by atoms with E-state index in [9.17, 15) is 37.5 Å². The Morgan fingerprint density at radius 2 is 1.68 bits per heavy atom. The van der Waals surface area contributed by atoms with Gasteiger partial charge in [-0.3, -0.25) is 19.3 Å². The van der Waals surface area contributed by atoms with Gasteiger partial charge in [0.05, 0.1) is 24.1 Å². The number of amides is 3. The molecule has 2 saturated heterocycles. The minimum atomic E-state index is -4.59. The summed E-state index contributed by atoms with van der Waals surface area (Å²) in [6, 6.07) is 18.3. The number of carboxylic acid groups (broad SMARTS) is 1. The van der Waals surface area contributed by atoms with Gasteiger partial charge in [0.15, 0.2) is 0 Å². The van der Waals surface area contributed by atoms with Crippen LogP contribution >= 0.6 is 0 Å². The summed E-state index contributed by atoms with van der Waals surface area (Å²) in [6.45, 7) is -0.332. The number of rotatable bonds is 10. The highest BCUT2D eigenvalue weighted by atomic mass is 19.4. The third-order valence-corrected chi connectivity index (χ3v) is 7.56. The molecule has 2 unspecified atom stereocenters. The number of carbonyl (C=O) groups excluding carboxylic acids is 3. The van der Waals surface area contributed by atoms with E-state index in [0.29, 0.717) is 0 Å². The number of halogens is 3. The third-order valence-electron chi connectivity index (χ3n) is 7.56. The summed E-state index contributed by atoms with van der Waals surface area (Å²) >= 11 is 0. The van der Waals surface area contributed by atoms with E-state index >= 15 is 0 Å². The van der Waals surface area contributed by atoms with Crippen molar-refractivity contribution in [3.63, 3.8) is 0 Å². The van der Waals surface area contributed by atoms with Crippen LogP contribution in [0.4, 0.5) is 18.0 Å². The normalized spacial score (nSPS) is 20.8. The number of carboxylic acids is 1. The number of nitrogens with zero attached hydrogens (tertiary/aromatic N) is 2. The zero-order chi connectivity index (χ0) is 31.4. The minimum absolute atomic E-state index is 0.00221. The van der Waals surface area contributed by atoms with Crippen LogP contribution in [-0.2, 0) is 31.8 Å². The van der Waals surface area contributed by atoms with Gasteiger partial charge in [-0.1, -0.05) is 84.9 Å². The summed E-state index contributed by atoms with van der Waals surface area (Å²) < 4.78 is 44.8. The SMILES string of the molecule is O=C(O)C[C@@H](C(=O)NCc1cccc(C(F)(F)F)c1)N1C(=O)C(N2C(=O)OC[C@@H]2c2ccccc2)C1C=Cc1ccccc1. The lowest BCUT2D eigenvalue weighted by atomic mass is 9.87. The molecule has 2 aliphatic heterocycles. The van der Waals surface area contributed by atoms with Crippen LogP contribution in [0.25, 0.3) is 6.08 Å². The molecule has 228 valence electrons. The third kappa shape index (κ3) is 6.43. The van der Waals surface area contributed by atoms with Gasteiger partial charge < -0.3 is 20.1 Å². The van der Waals surface area contributed by atoms with Crippen LogP contribution in [0.2, 0.25) is 0 Å². The van der Waals surface area contributed by atoms with Crippen molar-refractivity contribution in [2.75, 3.05) is 6.61 Å². The summed E-state index contributed by atoms with van der Waals surface area (Å²) in [5.74, 6) is -2.89. The van der Waals surface area contributed by atoms with E-state index < -0.39 is 66.2 Å². The highest BCUT2D eigenvalue weighted by Gasteiger charge is 2.58. The summed E-state index contributed by atoms with van der Waals surface area (Å²) in [5, 5.41) is 12.1. The predicted octanol–water partition coefficient (Wildman–Crippen LogP) is 4.65. The van der Waals surface area contributed by atoms with Gasteiger partial charge in [-0.25, -0.2) is 4.79 Å². The Morgan fingerprint density at radius 3 is 2.34 bits per heavy atom. The molecule has 3 aromatic rings. The maximum absolute atomic E-state index is 13.8.